The summed E-state index contributed by atoms with van der Waals surface area (Å²) in [6.45, 7) is 5.76. The second-order valence-corrected chi connectivity index (χ2v) is 9.75. The first-order chi connectivity index (χ1) is 15.3. The highest BCUT2D eigenvalue weighted by atomic mass is 32.2. The Bertz CT molecular complexity index is 1050. The van der Waals surface area contributed by atoms with E-state index in [0.29, 0.717) is 38.0 Å². The second-order valence-electron chi connectivity index (χ2n) is 8.29. The van der Waals surface area contributed by atoms with Gasteiger partial charge in [-0.25, -0.2) is 4.79 Å². The largest absolute Gasteiger partial charge is 0.324 e. The fourth-order valence-electron chi connectivity index (χ4n) is 4.40. The van der Waals surface area contributed by atoms with Crippen molar-refractivity contribution in [1.82, 2.24) is 9.80 Å². The molecule has 0 radical (unpaired) electrons. The molecule has 2 aliphatic rings. The van der Waals surface area contributed by atoms with Gasteiger partial charge in [0, 0.05) is 48.8 Å². The molecule has 168 valence electrons. The van der Waals surface area contributed by atoms with Gasteiger partial charge in [-0.15, -0.1) is 11.8 Å². The molecule has 0 saturated carbocycles. The SMILES string of the molecule is Cc1ccc(NC(=O)N2CCC3(CC2)SCCN3C(=O)c2ccc([N+](=O)[O-])cc2)c(C)c1. The Kier molecular flexibility index (Phi) is 6.10. The average molecular weight is 455 g/mol. The minimum atomic E-state index is -0.472. The van der Waals surface area contributed by atoms with Crippen LogP contribution in [0, 0.1) is 24.0 Å². The molecular weight excluding hydrogens is 428 g/mol. The van der Waals surface area contributed by atoms with Gasteiger partial charge < -0.3 is 15.1 Å². The zero-order valence-electron chi connectivity index (χ0n) is 18.2. The van der Waals surface area contributed by atoms with Gasteiger partial charge >= 0.3 is 6.03 Å². The van der Waals surface area contributed by atoms with Crippen LogP contribution < -0.4 is 5.32 Å². The molecule has 0 aliphatic carbocycles. The number of hydrogen-bond acceptors (Lipinski definition) is 5. The van der Waals surface area contributed by atoms with Crippen LogP contribution in [0.15, 0.2) is 42.5 Å². The van der Waals surface area contributed by atoms with Crippen molar-refractivity contribution >= 4 is 35.1 Å². The number of nitrogens with one attached hydrogen (secondary N) is 1. The third-order valence-electron chi connectivity index (χ3n) is 6.20. The lowest BCUT2D eigenvalue weighted by Crippen LogP contribution is -2.54. The Morgan fingerprint density at radius 1 is 1.06 bits per heavy atom. The van der Waals surface area contributed by atoms with Gasteiger partial charge in [0.25, 0.3) is 11.6 Å². The molecule has 32 heavy (non-hydrogen) atoms. The molecular formula is C23H26N4O4S. The Labute approximate surface area is 191 Å². The van der Waals surface area contributed by atoms with Gasteiger partial charge in [-0.2, -0.15) is 0 Å². The van der Waals surface area contributed by atoms with Crippen molar-refractivity contribution in [3.8, 4) is 0 Å². The van der Waals surface area contributed by atoms with Crippen LogP contribution in [0.2, 0.25) is 0 Å². The molecule has 2 aliphatic heterocycles. The van der Waals surface area contributed by atoms with E-state index in [-0.39, 0.29) is 22.5 Å². The molecule has 0 atom stereocenters. The minimum absolute atomic E-state index is 0.0322. The zero-order chi connectivity index (χ0) is 22.9. The van der Waals surface area contributed by atoms with E-state index in [1.165, 1.54) is 24.3 Å². The summed E-state index contributed by atoms with van der Waals surface area (Å²) in [6, 6.07) is 11.6. The zero-order valence-corrected chi connectivity index (χ0v) is 19.0. The maximum Gasteiger partial charge on any atom is 0.321 e. The Morgan fingerprint density at radius 2 is 1.75 bits per heavy atom. The summed E-state index contributed by atoms with van der Waals surface area (Å²) in [4.78, 5) is 39.7. The fourth-order valence-corrected chi connectivity index (χ4v) is 5.85. The number of carbonyl (C=O) groups is 2. The van der Waals surface area contributed by atoms with Crippen molar-refractivity contribution in [3.05, 3.63) is 69.3 Å². The van der Waals surface area contributed by atoms with Crippen molar-refractivity contribution < 1.29 is 14.5 Å². The molecule has 0 unspecified atom stereocenters. The lowest BCUT2D eigenvalue weighted by Gasteiger charge is -2.44. The highest BCUT2D eigenvalue weighted by molar-refractivity contribution is 8.00. The average Bonchev–Trinajstić information content (AvgIpc) is 3.18. The van der Waals surface area contributed by atoms with Crippen molar-refractivity contribution in [1.29, 1.82) is 0 Å². The number of hydrogen-bond donors (Lipinski definition) is 1. The van der Waals surface area contributed by atoms with Crippen molar-refractivity contribution in [2.24, 2.45) is 0 Å². The summed E-state index contributed by atoms with van der Waals surface area (Å²) in [5.41, 5.74) is 3.41. The van der Waals surface area contributed by atoms with E-state index in [1.807, 2.05) is 36.9 Å². The van der Waals surface area contributed by atoms with Crippen molar-refractivity contribution in [3.63, 3.8) is 0 Å². The second kappa shape index (κ2) is 8.82. The molecule has 9 heteroatoms. The van der Waals surface area contributed by atoms with E-state index in [4.69, 9.17) is 0 Å². The quantitative estimate of drug-likeness (QED) is 0.547. The van der Waals surface area contributed by atoms with E-state index >= 15 is 0 Å². The summed E-state index contributed by atoms with van der Waals surface area (Å²) < 4.78 is 0. The van der Waals surface area contributed by atoms with Crippen molar-refractivity contribution in [2.45, 2.75) is 31.6 Å². The third-order valence-corrected chi connectivity index (χ3v) is 7.76. The van der Waals surface area contributed by atoms with Gasteiger partial charge in [-0.3, -0.25) is 14.9 Å². The van der Waals surface area contributed by atoms with Crippen LogP contribution in [0.3, 0.4) is 0 Å². The maximum atomic E-state index is 13.2. The summed E-state index contributed by atoms with van der Waals surface area (Å²) in [6.07, 6.45) is 1.38. The fraction of sp³-hybridized carbons (Fsp3) is 0.391. The molecule has 2 aromatic carbocycles. The van der Waals surface area contributed by atoms with Gasteiger partial charge in [0.05, 0.1) is 9.79 Å². The molecule has 2 heterocycles. The smallest absolute Gasteiger partial charge is 0.321 e. The number of piperidine rings is 1. The lowest BCUT2D eigenvalue weighted by atomic mass is 10.0. The van der Waals surface area contributed by atoms with Gasteiger partial charge in [-0.05, 0) is 50.5 Å². The number of nitrogens with zero attached hydrogens (tertiary/aromatic N) is 3. The van der Waals surface area contributed by atoms with Crippen LogP contribution in [-0.4, -0.2) is 56.9 Å². The molecule has 2 saturated heterocycles. The topological polar surface area (TPSA) is 95.8 Å². The van der Waals surface area contributed by atoms with E-state index in [0.717, 1.165) is 22.6 Å². The number of amides is 3. The Hall–Kier alpha value is -3.07. The number of nitro benzene ring substituents is 1. The van der Waals surface area contributed by atoms with E-state index in [2.05, 4.69) is 5.32 Å². The first kappa shape index (κ1) is 22.1. The third kappa shape index (κ3) is 4.29. The van der Waals surface area contributed by atoms with Gasteiger partial charge in [0.15, 0.2) is 0 Å². The monoisotopic (exact) mass is 454 g/mol. The van der Waals surface area contributed by atoms with Crippen LogP contribution >= 0.6 is 11.8 Å². The van der Waals surface area contributed by atoms with Crippen LogP contribution in [0.5, 0.6) is 0 Å². The molecule has 0 aromatic heterocycles. The van der Waals surface area contributed by atoms with E-state index in [1.54, 1.807) is 16.7 Å². The number of thioether (sulfide) groups is 1. The number of carbonyl (C=O) groups excluding carboxylic acids is 2. The first-order valence-electron chi connectivity index (χ1n) is 10.6. The van der Waals surface area contributed by atoms with Gasteiger partial charge in [0.1, 0.15) is 0 Å². The number of aryl methyl sites for hydroxylation is 2. The van der Waals surface area contributed by atoms with Gasteiger partial charge in [-0.1, -0.05) is 17.7 Å². The summed E-state index contributed by atoms with van der Waals surface area (Å²) in [5, 5.41) is 13.9. The van der Waals surface area contributed by atoms with Crippen LogP contribution in [0.1, 0.15) is 34.3 Å². The molecule has 1 N–H and O–H groups in total. The molecule has 2 fully saturated rings. The van der Waals surface area contributed by atoms with Gasteiger partial charge in [0.2, 0.25) is 0 Å². The molecule has 2 aromatic rings. The summed E-state index contributed by atoms with van der Waals surface area (Å²) in [5.74, 6) is 0.728. The lowest BCUT2D eigenvalue weighted by molar-refractivity contribution is -0.384. The normalized spacial score (nSPS) is 17.4. The first-order valence-corrected chi connectivity index (χ1v) is 11.6. The number of non-ortho nitro benzene ring substituents is 1. The van der Waals surface area contributed by atoms with E-state index in [9.17, 15) is 19.7 Å². The molecule has 8 nitrogen and oxygen atoms in total. The number of likely N-dealkylation sites (tertiary alicyclic amines) is 1. The number of rotatable bonds is 3. The highest BCUT2D eigenvalue weighted by Gasteiger charge is 2.47. The predicted molar refractivity (Wildman–Crippen MR) is 125 cm³/mol. The highest BCUT2D eigenvalue weighted by Crippen LogP contribution is 2.44. The van der Waals surface area contributed by atoms with Crippen molar-refractivity contribution in [2.75, 3.05) is 30.7 Å². The summed E-state index contributed by atoms with van der Waals surface area (Å²) in [7, 11) is 0. The number of nitro groups is 1. The standard InChI is InChI=1S/C23H26N4O4S/c1-16-3-8-20(17(2)15-16)24-22(29)25-11-9-23(10-12-25)26(13-14-32-23)21(28)18-4-6-19(7-5-18)27(30)31/h3-8,15H,9-14H2,1-2H3,(H,24,29). The molecule has 1 spiro atoms. The van der Waals surface area contributed by atoms with Crippen LogP contribution in [0.4, 0.5) is 16.2 Å². The number of benzene rings is 2. The van der Waals surface area contributed by atoms with Crippen LogP contribution in [0.25, 0.3) is 0 Å². The summed E-state index contributed by atoms with van der Waals surface area (Å²) >= 11 is 1.77. The maximum absolute atomic E-state index is 13.2. The number of urea groups is 1. The molecule has 3 amide bonds. The minimum Gasteiger partial charge on any atom is -0.324 e. The Balaban J connectivity index is 1.41. The van der Waals surface area contributed by atoms with Crippen LogP contribution in [-0.2, 0) is 0 Å². The molecule has 0 bridgehead atoms. The Morgan fingerprint density at radius 3 is 2.38 bits per heavy atom. The number of anilines is 1. The van der Waals surface area contributed by atoms with E-state index < -0.39 is 4.92 Å². The molecule has 4 rings (SSSR count). The predicted octanol–water partition coefficient (Wildman–Crippen LogP) is 4.42.